The van der Waals surface area contributed by atoms with Crippen LogP contribution in [0.25, 0.3) is 0 Å². The molecule has 15 heavy (non-hydrogen) atoms. The standard InChI is InChI=1S/C8H4F2N2O3/c9-6-1-5(3-11-4-13)2-7(8(6)10)12(14)15/h1-2H,3H2. The Morgan fingerprint density at radius 1 is 1.47 bits per heavy atom. The van der Waals surface area contributed by atoms with Gasteiger partial charge in [0.25, 0.3) is 0 Å². The zero-order valence-electron chi connectivity index (χ0n) is 7.24. The summed E-state index contributed by atoms with van der Waals surface area (Å²) in [5, 5.41) is 10.3. The maximum atomic E-state index is 12.8. The molecule has 0 saturated carbocycles. The predicted molar refractivity (Wildman–Crippen MR) is 44.8 cm³/mol. The van der Waals surface area contributed by atoms with Crippen molar-refractivity contribution < 1.29 is 18.5 Å². The highest BCUT2D eigenvalue weighted by molar-refractivity contribution is 5.39. The molecule has 1 aromatic carbocycles. The Labute approximate surface area is 82.2 Å². The fourth-order valence-electron chi connectivity index (χ4n) is 0.977. The third-order valence-electron chi connectivity index (χ3n) is 1.59. The molecular formula is C8H4F2N2O3. The third-order valence-corrected chi connectivity index (χ3v) is 1.59. The van der Waals surface area contributed by atoms with Gasteiger partial charge in [0.1, 0.15) is 0 Å². The number of halogens is 2. The molecule has 0 aliphatic heterocycles. The van der Waals surface area contributed by atoms with E-state index in [4.69, 9.17) is 0 Å². The van der Waals surface area contributed by atoms with Crippen molar-refractivity contribution in [1.29, 1.82) is 0 Å². The lowest BCUT2D eigenvalue weighted by molar-refractivity contribution is -0.387. The molecule has 78 valence electrons. The van der Waals surface area contributed by atoms with E-state index in [1.54, 1.807) is 0 Å². The average molecular weight is 214 g/mol. The number of benzene rings is 1. The van der Waals surface area contributed by atoms with Gasteiger partial charge in [0, 0.05) is 6.07 Å². The van der Waals surface area contributed by atoms with Gasteiger partial charge in [-0.15, -0.1) is 0 Å². The zero-order chi connectivity index (χ0) is 11.4. The van der Waals surface area contributed by atoms with Gasteiger partial charge in [-0.05, 0) is 11.6 Å². The second-order valence-electron chi connectivity index (χ2n) is 2.58. The van der Waals surface area contributed by atoms with Crippen molar-refractivity contribution in [3.05, 3.63) is 39.4 Å². The Kier molecular flexibility index (Phi) is 3.20. The molecule has 0 bridgehead atoms. The van der Waals surface area contributed by atoms with Crippen molar-refractivity contribution in [3.8, 4) is 0 Å². The van der Waals surface area contributed by atoms with Crippen LogP contribution >= 0.6 is 0 Å². The van der Waals surface area contributed by atoms with Crippen molar-refractivity contribution >= 4 is 11.8 Å². The molecule has 0 fully saturated rings. The van der Waals surface area contributed by atoms with Crippen molar-refractivity contribution in [2.24, 2.45) is 4.99 Å². The van der Waals surface area contributed by atoms with Crippen LogP contribution in [0, 0.1) is 21.7 Å². The molecule has 5 nitrogen and oxygen atoms in total. The first-order valence-electron chi connectivity index (χ1n) is 3.72. The largest absolute Gasteiger partial charge is 0.308 e. The van der Waals surface area contributed by atoms with Crippen LogP contribution in [0.5, 0.6) is 0 Å². The summed E-state index contributed by atoms with van der Waals surface area (Å²) in [7, 11) is 0. The molecule has 0 radical (unpaired) electrons. The lowest BCUT2D eigenvalue weighted by Gasteiger charge is -1.99. The van der Waals surface area contributed by atoms with Crippen LogP contribution in [0.15, 0.2) is 17.1 Å². The molecule has 0 saturated heterocycles. The summed E-state index contributed by atoms with van der Waals surface area (Å²) < 4.78 is 25.6. The van der Waals surface area contributed by atoms with Crippen LogP contribution in [0.1, 0.15) is 5.56 Å². The summed E-state index contributed by atoms with van der Waals surface area (Å²) in [5.41, 5.74) is -0.949. The topological polar surface area (TPSA) is 72.6 Å². The van der Waals surface area contributed by atoms with Crippen LogP contribution in [0.2, 0.25) is 0 Å². The van der Waals surface area contributed by atoms with E-state index in [-0.39, 0.29) is 12.1 Å². The molecule has 0 amide bonds. The minimum absolute atomic E-state index is 0.0314. The van der Waals surface area contributed by atoms with E-state index in [9.17, 15) is 23.7 Å². The smallest absolute Gasteiger partial charge is 0.258 e. The third kappa shape index (κ3) is 2.41. The summed E-state index contributed by atoms with van der Waals surface area (Å²) in [4.78, 5) is 22.1. The Bertz CT molecular complexity index is 455. The zero-order valence-corrected chi connectivity index (χ0v) is 7.24. The maximum Gasteiger partial charge on any atom is 0.308 e. The van der Waals surface area contributed by atoms with E-state index >= 15 is 0 Å². The lowest BCUT2D eigenvalue weighted by atomic mass is 10.2. The van der Waals surface area contributed by atoms with Gasteiger partial charge in [0.15, 0.2) is 5.82 Å². The van der Waals surface area contributed by atoms with E-state index in [2.05, 4.69) is 4.99 Å². The summed E-state index contributed by atoms with van der Waals surface area (Å²) in [6, 6.07) is 1.56. The predicted octanol–water partition coefficient (Wildman–Crippen LogP) is 1.71. The number of isocyanates is 1. The van der Waals surface area contributed by atoms with E-state index in [0.717, 1.165) is 12.1 Å². The normalized spacial score (nSPS) is 9.47. The first-order valence-corrected chi connectivity index (χ1v) is 3.72. The highest BCUT2D eigenvalue weighted by Crippen LogP contribution is 2.22. The maximum absolute atomic E-state index is 12.8. The van der Waals surface area contributed by atoms with Crippen LogP contribution in [0.4, 0.5) is 14.5 Å². The summed E-state index contributed by atoms with van der Waals surface area (Å²) in [6.07, 6.45) is 1.19. The second-order valence-corrected chi connectivity index (χ2v) is 2.58. The van der Waals surface area contributed by atoms with Gasteiger partial charge in [-0.25, -0.2) is 14.2 Å². The van der Waals surface area contributed by atoms with Crippen LogP contribution < -0.4 is 0 Å². The SMILES string of the molecule is O=C=NCc1cc(F)c(F)c([N+](=O)[O-])c1. The van der Waals surface area contributed by atoms with E-state index in [1.807, 2.05) is 0 Å². The Balaban J connectivity index is 3.22. The quantitative estimate of drug-likeness (QED) is 0.332. The Morgan fingerprint density at radius 2 is 2.13 bits per heavy atom. The number of aliphatic imine (C=N–C) groups is 1. The number of hydrogen-bond acceptors (Lipinski definition) is 4. The van der Waals surface area contributed by atoms with E-state index < -0.39 is 22.2 Å². The first kappa shape index (κ1) is 10.9. The summed E-state index contributed by atoms with van der Waals surface area (Å²) in [5.74, 6) is -2.88. The molecule has 0 spiro atoms. The van der Waals surface area contributed by atoms with E-state index in [1.165, 1.54) is 6.08 Å². The molecule has 0 unspecified atom stereocenters. The number of hydrogen-bond donors (Lipinski definition) is 0. The minimum atomic E-state index is -1.53. The van der Waals surface area contributed by atoms with Gasteiger partial charge in [-0.2, -0.15) is 4.39 Å². The monoisotopic (exact) mass is 214 g/mol. The fraction of sp³-hybridized carbons (Fsp3) is 0.125. The van der Waals surface area contributed by atoms with Gasteiger partial charge >= 0.3 is 5.69 Å². The highest BCUT2D eigenvalue weighted by atomic mass is 19.2. The molecule has 0 N–H and O–H groups in total. The van der Waals surface area contributed by atoms with Gasteiger partial charge < -0.3 is 0 Å². The molecule has 7 heteroatoms. The lowest BCUT2D eigenvalue weighted by Crippen LogP contribution is -1.98. The van der Waals surface area contributed by atoms with Gasteiger partial charge in [-0.1, -0.05) is 0 Å². The molecule has 0 aromatic heterocycles. The van der Waals surface area contributed by atoms with E-state index in [0.29, 0.717) is 0 Å². The van der Waals surface area contributed by atoms with Crippen LogP contribution in [-0.4, -0.2) is 11.0 Å². The number of nitrogens with zero attached hydrogens (tertiary/aromatic N) is 2. The number of rotatable bonds is 3. The summed E-state index contributed by atoms with van der Waals surface area (Å²) in [6.45, 7) is -0.276. The van der Waals surface area contributed by atoms with Crippen LogP contribution in [0.3, 0.4) is 0 Å². The molecule has 0 aliphatic rings. The first-order chi connectivity index (χ1) is 7.06. The number of nitro benzene ring substituents is 1. The molecule has 1 rings (SSSR count). The van der Waals surface area contributed by atoms with Gasteiger partial charge in [0.05, 0.1) is 11.5 Å². The van der Waals surface area contributed by atoms with Gasteiger partial charge in [-0.3, -0.25) is 10.1 Å². The highest BCUT2D eigenvalue weighted by Gasteiger charge is 2.19. The second kappa shape index (κ2) is 4.39. The molecule has 0 aliphatic carbocycles. The number of carbonyl (C=O) groups excluding carboxylic acids is 1. The Morgan fingerprint density at radius 3 is 2.67 bits per heavy atom. The fourth-order valence-corrected chi connectivity index (χ4v) is 0.977. The molecular weight excluding hydrogens is 210 g/mol. The minimum Gasteiger partial charge on any atom is -0.258 e. The average Bonchev–Trinajstić information content (AvgIpc) is 2.19. The van der Waals surface area contributed by atoms with Crippen LogP contribution in [-0.2, 0) is 11.3 Å². The Hall–Kier alpha value is -2.14. The van der Waals surface area contributed by atoms with Crippen molar-refractivity contribution in [3.63, 3.8) is 0 Å². The van der Waals surface area contributed by atoms with Crippen molar-refractivity contribution in [2.45, 2.75) is 6.54 Å². The van der Waals surface area contributed by atoms with Crippen molar-refractivity contribution in [1.82, 2.24) is 0 Å². The van der Waals surface area contributed by atoms with Crippen molar-refractivity contribution in [2.75, 3.05) is 0 Å². The summed E-state index contributed by atoms with van der Waals surface area (Å²) >= 11 is 0. The molecule has 1 aromatic rings. The molecule has 0 atom stereocenters. The van der Waals surface area contributed by atoms with Gasteiger partial charge in [0.2, 0.25) is 11.9 Å². The molecule has 0 heterocycles. The number of nitro groups is 1.